The van der Waals surface area contributed by atoms with E-state index in [0.717, 1.165) is 5.56 Å². The van der Waals surface area contributed by atoms with Gasteiger partial charge in [-0.3, -0.25) is 4.68 Å². The third kappa shape index (κ3) is 4.05. The van der Waals surface area contributed by atoms with Crippen molar-refractivity contribution >= 4 is 11.9 Å². The lowest BCUT2D eigenvalue weighted by Crippen LogP contribution is -2.22. The van der Waals surface area contributed by atoms with Gasteiger partial charge in [0, 0.05) is 18.2 Å². The maximum Gasteiger partial charge on any atom is 0.347 e. The number of carbonyl (C=O) groups excluding carboxylic acids is 2. The summed E-state index contributed by atoms with van der Waals surface area (Å²) in [5.41, 5.74) is 2.41. The zero-order valence-corrected chi connectivity index (χ0v) is 16.8. The number of aromatic nitrogens is 2. The molecule has 1 aliphatic heterocycles. The first-order valence-corrected chi connectivity index (χ1v) is 9.71. The van der Waals surface area contributed by atoms with Crippen molar-refractivity contribution in [1.29, 1.82) is 0 Å². The van der Waals surface area contributed by atoms with Gasteiger partial charge in [-0.25, -0.2) is 9.59 Å². The molecule has 1 saturated heterocycles. The summed E-state index contributed by atoms with van der Waals surface area (Å²) in [7, 11) is 1.56. The quantitative estimate of drug-likeness (QED) is 0.583. The molecule has 0 N–H and O–H groups in total. The number of rotatable bonds is 6. The van der Waals surface area contributed by atoms with Gasteiger partial charge in [0.15, 0.2) is 0 Å². The Labute approximate surface area is 174 Å². The molecular weight excluding hydrogens is 384 g/mol. The highest BCUT2D eigenvalue weighted by Gasteiger charge is 2.36. The van der Waals surface area contributed by atoms with E-state index in [2.05, 4.69) is 5.10 Å². The number of para-hydroxylation sites is 1. The highest BCUT2D eigenvalue weighted by molar-refractivity contribution is 5.98. The molecule has 2 atom stereocenters. The number of cyclic esters (lactones) is 1. The van der Waals surface area contributed by atoms with Gasteiger partial charge < -0.3 is 14.2 Å². The second kappa shape index (κ2) is 8.41. The van der Waals surface area contributed by atoms with Crippen molar-refractivity contribution in [2.45, 2.75) is 32.1 Å². The summed E-state index contributed by atoms with van der Waals surface area (Å²) in [4.78, 5) is 24.9. The Morgan fingerprint density at radius 1 is 1.17 bits per heavy atom. The summed E-state index contributed by atoms with van der Waals surface area (Å²) in [6, 6.07) is 17.1. The first-order valence-electron chi connectivity index (χ1n) is 9.71. The summed E-state index contributed by atoms with van der Waals surface area (Å²) in [5.74, 6) is -0.553. The summed E-state index contributed by atoms with van der Waals surface area (Å²) in [5, 5.41) is 4.63. The number of ether oxygens (including phenoxy) is 3. The molecule has 1 fully saturated rings. The van der Waals surface area contributed by atoms with Crippen molar-refractivity contribution in [2.24, 2.45) is 0 Å². The predicted molar refractivity (Wildman–Crippen MR) is 109 cm³/mol. The molecule has 2 heterocycles. The average Bonchev–Trinajstić information content (AvgIpc) is 3.31. The first-order chi connectivity index (χ1) is 14.5. The van der Waals surface area contributed by atoms with E-state index < -0.39 is 18.0 Å². The van der Waals surface area contributed by atoms with Gasteiger partial charge in [-0.2, -0.15) is 5.10 Å². The molecule has 1 aromatic heterocycles. The first kappa shape index (κ1) is 19.7. The van der Waals surface area contributed by atoms with Crippen molar-refractivity contribution in [3.8, 4) is 17.0 Å². The van der Waals surface area contributed by atoms with E-state index in [4.69, 9.17) is 14.2 Å². The van der Waals surface area contributed by atoms with E-state index in [1.54, 1.807) is 31.0 Å². The van der Waals surface area contributed by atoms with Gasteiger partial charge in [0.05, 0.1) is 13.7 Å². The van der Waals surface area contributed by atoms with Gasteiger partial charge in [0.25, 0.3) is 0 Å². The van der Waals surface area contributed by atoms with Crippen LogP contribution in [0.3, 0.4) is 0 Å². The van der Waals surface area contributed by atoms with Crippen LogP contribution in [0.1, 0.15) is 29.3 Å². The minimum atomic E-state index is -0.907. The average molecular weight is 406 g/mol. The van der Waals surface area contributed by atoms with Gasteiger partial charge in [-0.05, 0) is 24.6 Å². The number of esters is 2. The molecule has 30 heavy (non-hydrogen) atoms. The van der Waals surface area contributed by atoms with Crippen molar-refractivity contribution in [3.63, 3.8) is 0 Å². The second-order valence-corrected chi connectivity index (χ2v) is 7.15. The molecule has 4 rings (SSSR count). The fourth-order valence-corrected chi connectivity index (χ4v) is 3.47. The van der Waals surface area contributed by atoms with Crippen LogP contribution in [0.5, 0.6) is 5.75 Å². The Morgan fingerprint density at radius 3 is 2.60 bits per heavy atom. The van der Waals surface area contributed by atoms with Crippen molar-refractivity contribution in [3.05, 3.63) is 71.9 Å². The third-order valence-corrected chi connectivity index (χ3v) is 4.91. The van der Waals surface area contributed by atoms with Crippen LogP contribution in [0.25, 0.3) is 11.3 Å². The Kier molecular flexibility index (Phi) is 5.52. The Balaban J connectivity index is 1.70. The minimum Gasteiger partial charge on any atom is -0.496 e. The van der Waals surface area contributed by atoms with E-state index >= 15 is 0 Å². The Morgan fingerprint density at radius 2 is 1.90 bits per heavy atom. The molecule has 0 saturated carbocycles. The van der Waals surface area contributed by atoms with Crippen LogP contribution < -0.4 is 4.74 Å². The fraction of sp³-hybridized carbons (Fsp3) is 0.261. The van der Waals surface area contributed by atoms with E-state index in [-0.39, 0.29) is 11.7 Å². The summed E-state index contributed by atoms with van der Waals surface area (Å²) >= 11 is 0. The Hall–Kier alpha value is -3.61. The molecule has 0 bridgehead atoms. The smallest absolute Gasteiger partial charge is 0.347 e. The monoisotopic (exact) mass is 406 g/mol. The number of nitrogens with zero attached hydrogens (tertiary/aromatic N) is 2. The molecule has 0 aliphatic carbocycles. The SMILES string of the molecule is COc1ccccc1-c1nn(Cc2ccccc2)cc1C(=O)O[C@@H]1C[C@H](C)OC1=O. The van der Waals surface area contributed by atoms with Gasteiger partial charge in [-0.1, -0.05) is 42.5 Å². The molecule has 7 nitrogen and oxygen atoms in total. The van der Waals surface area contributed by atoms with Crippen LogP contribution in [0.4, 0.5) is 0 Å². The third-order valence-electron chi connectivity index (χ3n) is 4.91. The number of methoxy groups -OCH3 is 1. The summed E-state index contributed by atoms with van der Waals surface area (Å²) < 4.78 is 17.7. The maximum absolute atomic E-state index is 13.0. The molecule has 2 aromatic carbocycles. The number of carbonyl (C=O) groups is 2. The lowest BCUT2D eigenvalue weighted by molar-refractivity contribution is -0.147. The van der Waals surface area contributed by atoms with Crippen LogP contribution >= 0.6 is 0 Å². The maximum atomic E-state index is 13.0. The zero-order valence-electron chi connectivity index (χ0n) is 16.8. The number of benzene rings is 2. The van der Waals surface area contributed by atoms with Crippen LogP contribution in [0, 0.1) is 0 Å². The molecule has 0 unspecified atom stereocenters. The predicted octanol–water partition coefficient (Wildman–Crippen LogP) is 3.47. The zero-order chi connectivity index (χ0) is 21.1. The fourth-order valence-electron chi connectivity index (χ4n) is 3.47. The highest BCUT2D eigenvalue weighted by Crippen LogP contribution is 2.32. The van der Waals surface area contributed by atoms with Crippen molar-refractivity contribution in [1.82, 2.24) is 9.78 Å². The molecule has 7 heteroatoms. The van der Waals surface area contributed by atoms with E-state index in [9.17, 15) is 9.59 Å². The van der Waals surface area contributed by atoms with E-state index in [0.29, 0.717) is 30.0 Å². The molecule has 3 aromatic rings. The highest BCUT2D eigenvalue weighted by atomic mass is 16.6. The van der Waals surface area contributed by atoms with Crippen LogP contribution in [0.15, 0.2) is 60.8 Å². The molecule has 0 amide bonds. The van der Waals surface area contributed by atoms with Gasteiger partial charge >= 0.3 is 11.9 Å². The van der Waals surface area contributed by atoms with Crippen LogP contribution in [0.2, 0.25) is 0 Å². The number of hydrogen-bond donors (Lipinski definition) is 0. The van der Waals surface area contributed by atoms with E-state index in [1.807, 2.05) is 48.5 Å². The van der Waals surface area contributed by atoms with Crippen LogP contribution in [-0.4, -0.2) is 41.0 Å². The molecule has 0 spiro atoms. The van der Waals surface area contributed by atoms with Crippen LogP contribution in [-0.2, 0) is 20.8 Å². The second-order valence-electron chi connectivity index (χ2n) is 7.15. The Bertz CT molecular complexity index is 1060. The molecule has 154 valence electrons. The van der Waals surface area contributed by atoms with E-state index in [1.165, 1.54) is 0 Å². The molecule has 1 aliphatic rings. The minimum absolute atomic E-state index is 0.266. The lowest BCUT2D eigenvalue weighted by atomic mass is 10.1. The number of hydrogen-bond acceptors (Lipinski definition) is 6. The molecular formula is C23H22N2O5. The van der Waals surface area contributed by atoms with Gasteiger partial charge in [-0.15, -0.1) is 0 Å². The largest absolute Gasteiger partial charge is 0.496 e. The summed E-state index contributed by atoms with van der Waals surface area (Å²) in [6.45, 7) is 2.25. The lowest BCUT2D eigenvalue weighted by Gasteiger charge is -2.10. The topological polar surface area (TPSA) is 79.7 Å². The standard InChI is InChI=1S/C23H22N2O5/c1-15-12-20(23(27)29-15)30-22(26)18-14-25(13-16-8-4-3-5-9-16)24-21(18)17-10-6-7-11-19(17)28-2/h3-11,14-15,20H,12-13H2,1-2H3/t15-,20+/m0/s1. The van der Waals surface area contributed by atoms with Gasteiger partial charge in [0.1, 0.15) is 23.1 Å². The summed E-state index contributed by atoms with van der Waals surface area (Å²) in [6.07, 6.45) is 0.799. The van der Waals surface area contributed by atoms with Crippen molar-refractivity contribution in [2.75, 3.05) is 7.11 Å². The normalized spacial score (nSPS) is 18.1. The molecule has 0 radical (unpaired) electrons. The van der Waals surface area contributed by atoms with Gasteiger partial charge in [0.2, 0.25) is 6.10 Å². The van der Waals surface area contributed by atoms with Crippen molar-refractivity contribution < 1.29 is 23.8 Å².